The van der Waals surface area contributed by atoms with Gasteiger partial charge in [0.25, 0.3) is 0 Å². The molecule has 0 heterocycles. The molecular formula is C51H54N2. The molecule has 7 aromatic carbocycles. The highest BCUT2D eigenvalue weighted by Crippen LogP contribution is 2.36. The topological polar surface area (TPSA) is 6.48 Å². The number of anilines is 6. The standard InChI is InChI=1S/2C21H21N.C9H12/c2*1-16-4-10-19(11-5-16)22(20-12-6-17(2)7-13-20)21-14-8-18(3)9-15-21;1-7-4-8(2)6-9(3)5-7/h2*4-15H,1-3H3;4-6H,1-3H3. The van der Waals surface area contributed by atoms with Crippen LogP contribution in [0.2, 0.25) is 0 Å². The van der Waals surface area contributed by atoms with Crippen molar-refractivity contribution < 1.29 is 0 Å². The molecule has 0 aliphatic rings. The fraction of sp³-hybridized carbons (Fsp3) is 0.176. The third-order valence-corrected chi connectivity index (χ3v) is 9.12. The van der Waals surface area contributed by atoms with E-state index < -0.39 is 0 Å². The summed E-state index contributed by atoms with van der Waals surface area (Å²) in [6, 6.07) is 58.6. The Kier molecular flexibility index (Phi) is 13.1. The Hall–Kier alpha value is -5.86. The van der Waals surface area contributed by atoms with Gasteiger partial charge in [-0.25, -0.2) is 0 Å². The van der Waals surface area contributed by atoms with Crippen molar-refractivity contribution >= 4 is 34.1 Å². The number of aryl methyl sites for hydroxylation is 9. The van der Waals surface area contributed by atoms with E-state index in [0.29, 0.717) is 0 Å². The second kappa shape index (κ2) is 18.1. The maximum absolute atomic E-state index is 2.29. The first kappa shape index (κ1) is 38.4. The highest BCUT2D eigenvalue weighted by molar-refractivity contribution is 5.78. The zero-order valence-electron chi connectivity index (χ0n) is 33.0. The van der Waals surface area contributed by atoms with Crippen LogP contribution in [-0.2, 0) is 0 Å². The molecular weight excluding hydrogens is 641 g/mol. The van der Waals surface area contributed by atoms with Crippen LogP contribution in [0.25, 0.3) is 0 Å². The highest BCUT2D eigenvalue weighted by Gasteiger charge is 2.13. The van der Waals surface area contributed by atoms with Gasteiger partial charge in [-0.2, -0.15) is 0 Å². The third-order valence-electron chi connectivity index (χ3n) is 9.12. The van der Waals surface area contributed by atoms with Crippen LogP contribution < -0.4 is 9.80 Å². The van der Waals surface area contributed by atoms with Crippen molar-refractivity contribution in [1.29, 1.82) is 0 Å². The first-order valence-corrected chi connectivity index (χ1v) is 18.5. The van der Waals surface area contributed by atoms with Crippen LogP contribution >= 0.6 is 0 Å². The van der Waals surface area contributed by atoms with E-state index in [9.17, 15) is 0 Å². The Morgan fingerprint density at radius 3 is 0.453 bits per heavy atom. The molecule has 0 aliphatic heterocycles. The monoisotopic (exact) mass is 694 g/mol. The molecule has 0 radical (unpaired) electrons. The summed E-state index contributed by atoms with van der Waals surface area (Å²) in [6.07, 6.45) is 0. The number of nitrogens with zero attached hydrogens (tertiary/aromatic N) is 2. The van der Waals surface area contributed by atoms with Gasteiger partial charge in [-0.3, -0.25) is 0 Å². The third kappa shape index (κ3) is 11.1. The van der Waals surface area contributed by atoms with E-state index in [2.05, 4.69) is 236 Å². The predicted octanol–water partition coefficient (Wildman–Crippen LogP) is 14.8. The zero-order chi connectivity index (χ0) is 37.9. The van der Waals surface area contributed by atoms with E-state index in [1.165, 1.54) is 84.2 Å². The minimum absolute atomic E-state index is 1.18. The van der Waals surface area contributed by atoms with Gasteiger partial charge in [0.05, 0.1) is 0 Å². The Morgan fingerprint density at radius 2 is 0.321 bits per heavy atom. The number of benzene rings is 7. The molecule has 0 aromatic heterocycles. The summed E-state index contributed by atoms with van der Waals surface area (Å²) >= 11 is 0. The molecule has 0 atom stereocenters. The van der Waals surface area contributed by atoms with Crippen molar-refractivity contribution in [3.8, 4) is 0 Å². The number of rotatable bonds is 6. The second-order valence-electron chi connectivity index (χ2n) is 14.3. The van der Waals surface area contributed by atoms with Gasteiger partial charge < -0.3 is 9.80 Å². The summed E-state index contributed by atoms with van der Waals surface area (Å²) in [5.41, 5.74) is 18.8. The molecule has 7 aromatic rings. The second-order valence-corrected chi connectivity index (χ2v) is 14.3. The van der Waals surface area contributed by atoms with Crippen molar-refractivity contribution in [2.75, 3.05) is 9.80 Å². The van der Waals surface area contributed by atoms with Crippen LogP contribution in [0.1, 0.15) is 50.1 Å². The highest BCUT2D eigenvalue weighted by atomic mass is 15.1. The van der Waals surface area contributed by atoms with Crippen molar-refractivity contribution in [2.24, 2.45) is 0 Å². The summed E-state index contributed by atoms with van der Waals surface area (Å²) in [5, 5.41) is 0. The van der Waals surface area contributed by atoms with Gasteiger partial charge in [0.2, 0.25) is 0 Å². The Morgan fingerprint density at radius 1 is 0.189 bits per heavy atom. The van der Waals surface area contributed by atoms with E-state index in [-0.39, 0.29) is 0 Å². The van der Waals surface area contributed by atoms with Gasteiger partial charge in [0.1, 0.15) is 0 Å². The van der Waals surface area contributed by atoms with Gasteiger partial charge >= 0.3 is 0 Å². The molecule has 2 heteroatoms. The Balaban J connectivity index is 0.000000167. The van der Waals surface area contributed by atoms with E-state index in [1.54, 1.807) is 0 Å². The predicted molar refractivity (Wildman–Crippen MR) is 231 cm³/mol. The maximum atomic E-state index is 2.29. The fourth-order valence-corrected chi connectivity index (χ4v) is 6.26. The average Bonchev–Trinajstić information content (AvgIpc) is 3.13. The van der Waals surface area contributed by atoms with Crippen molar-refractivity contribution in [3.05, 3.63) is 214 Å². The first-order chi connectivity index (χ1) is 25.4. The van der Waals surface area contributed by atoms with E-state index >= 15 is 0 Å². The maximum Gasteiger partial charge on any atom is 0.0461 e. The lowest BCUT2D eigenvalue weighted by molar-refractivity contribution is 1.26. The molecule has 7 rings (SSSR count). The van der Waals surface area contributed by atoms with Crippen LogP contribution in [0.5, 0.6) is 0 Å². The van der Waals surface area contributed by atoms with E-state index in [0.717, 1.165) is 0 Å². The fourth-order valence-electron chi connectivity index (χ4n) is 6.26. The SMILES string of the molecule is Cc1cc(C)cc(C)c1.Cc1ccc(N(c2ccc(C)cc2)c2ccc(C)cc2)cc1.Cc1ccc(N(c2ccc(C)cc2)c2ccc(C)cc2)cc1. The van der Waals surface area contributed by atoms with Crippen LogP contribution in [0.3, 0.4) is 0 Å². The molecule has 0 saturated carbocycles. The smallest absolute Gasteiger partial charge is 0.0461 e. The minimum Gasteiger partial charge on any atom is -0.311 e. The van der Waals surface area contributed by atoms with Gasteiger partial charge in [0.15, 0.2) is 0 Å². The van der Waals surface area contributed by atoms with Crippen molar-refractivity contribution in [3.63, 3.8) is 0 Å². The van der Waals surface area contributed by atoms with Crippen LogP contribution in [0, 0.1) is 62.3 Å². The van der Waals surface area contributed by atoms with Crippen molar-refractivity contribution in [2.45, 2.75) is 62.3 Å². The summed E-state index contributed by atoms with van der Waals surface area (Å²) in [6.45, 7) is 19.1. The molecule has 0 fully saturated rings. The molecule has 53 heavy (non-hydrogen) atoms. The summed E-state index contributed by atoms with van der Waals surface area (Å²) in [7, 11) is 0. The molecule has 0 amide bonds. The molecule has 0 bridgehead atoms. The lowest BCUT2D eigenvalue weighted by atomic mass is 10.1. The lowest BCUT2D eigenvalue weighted by Crippen LogP contribution is -2.09. The van der Waals surface area contributed by atoms with Gasteiger partial charge in [-0.1, -0.05) is 141 Å². The van der Waals surface area contributed by atoms with Gasteiger partial charge in [-0.15, -0.1) is 0 Å². The summed E-state index contributed by atoms with van der Waals surface area (Å²) in [5.74, 6) is 0. The largest absolute Gasteiger partial charge is 0.311 e. The molecule has 2 nitrogen and oxygen atoms in total. The summed E-state index contributed by atoms with van der Waals surface area (Å²) in [4.78, 5) is 4.58. The average molecular weight is 695 g/mol. The molecule has 0 spiro atoms. The molecule has 0 unspecified atom stereocenters. The molecule has 0 N–H and O–H groups in total. The molecule has 268 valence electrons. The number of hydrogen-bond acceptors (Lipinski definition) is 2. The normalized spacial score (nSPS) is 10.4. The van der Waals surface area contributed by atoms with Crippen LogP contribution in [-0.4, -0.2) is 0 Å². The molecule has 0 saturated heterocycles. The van der Waals surface area contributed by atoms with Gasteiger partial charge in [0, 0.05) is 34.1 Å². The van der Waals surface area contributed by atoms with E-state index in [1.807, 2.05) is 0 Å². The minimum atomic E-state index is 1.18. The Bertz CT molecular complexity index is 1760. The molecule has 0 aliphatic carbocycles. The number of hydrogen-bond donors (Lipinski definition) is 0. The van der Waals surface area contributed by atoms with E-state index in [4.69, 9.17) is 0 Å². The zero-order valence-corrected chi connectivity index (χ0v) is 33.0. The first-order valence-electron chi connectivity index (χ1n) is 18.5. The van der Waals surface area contributed by atoms with Crippen LogP contribution in [0.4, 0.5) is 34.1 Å². The quantitative estimate of drug-likeness (QED) is 0.171. The van der Waals surface area contributed by atoms with Gasteiger partial charge in [-0.05, 0) is 135 Å². The Labute approximate surface area is 319 Å². The summed E-state index contributed by atoms with van der Waals surface area (Å²) < 4.78 is 0. The van der Waals surface area contributed by atoms with Crippen molar-refractivity contribution in [1.82, 2.24) is 0 Å². The lowest BCUT2D eigenvalue weighted by Gasteiger charge is -2.25. The van der Waals surface area contributed by atoms with Crippen LogP contribution in [0.15, 0.2) is 164 Å².